The molecule has 0 saturated heterocycles. The number of fused-ring (bicyclic) bond motifs is 3. The molecule has 4 rings (SSSR count). The number of hydrogen-bond donors (Lipinski definition) is 1. The van der Waals surface area contributed by atoms with Crippen LogP contribution in [0.4, 0.5) is 0 Å². The topological polar surface area (TPSA) is 41.6 Å². The van der Waals surface area contributed by atoms with Gasteiger partial charge in [0.15, 0.2) is 0 Å². The second kappa shape index (κ2) is 4.84. The van der Waals surface area contributed by atoms with E-state index in [9.17, 15) is 0 Å². The number of aromatic amines is 1. The fraction of sp³-hybridized carbons (Fsp3) is 0. The fourth-order valence-electron chi connectivity index (χ4n) is 2.27. The molecule has 4 heteroatoms. The number of H-pyrrole nitrogens is 1. The number of benzene rings is 2. The van der Waals surface area contributed by atoms with Crippen LogP contribution in [0.5, 0.6) is 0 Å². The summed E-state index contributed by atoms with van der Waals surface area (Å²) in [6.45, 7) is 0. The van der Waals surface area contributed by atoms with Gasteiger partial charge in [0.1, 0.15) is 0 Å². The van der Waals surface area contributed by atoms with Gasteiger partial charge in [-0.25, -0.2) is 0 Å². The first-order chi connectivity index (χ1) is 9.92. The van der Waals surface area contributed by atoms with Crippen LogP contribution in [0.25, 0.3) is 21.7 Å². The summed E-state index contributed by atoms with van der Waals surface area (Å²) in [5.74, 6) is 0. The Morgan fingerprint density at radius 2 is 1.90 bits per heavy atom. The average molecular weight is 440 g/mol. The maximum absolute atomic E-state index is 4.59. The maximum atomic E-state index is 4.59. The van der Waals surface area contributed by atoms with Gasteiger partial charge in [-0.3, -0.25) is 0 Å². The summed E-state index contributed by atoms with van der Waals surface area (Å²) >= 11 is -0.329. The molecule has 0 fully saturated rings. The molecule has 0 spiro atoms. The monoisotopic (exact) mass is 440 g/mol. The van der Waals surface area contributed by atoms with Gasteiger partial charge in [0.25, 0.3) is 0 Å². The van der Waals surface area contributed by atoms with E-state index < -0.39 is 0 Å². The van der Waals surface area contributed by atoms with Crippen LogP contribution < -0.4 is 8.17 Å². The third kappa shape index (κ3) is 1.95. The Balaban J connectivity index is 2.02. The molecule has 20 heavy (non-hydrogen) atoms. The van der Waals surface area contributed by atoms with Gasteiger partial charge in [0.2, 0.25) is 0 Å². The molecule has 0 aliphatic heterocycles. The van der Waals surface area contributed by atoms with Crippen molar-refractivity contribution >= 4 is 29.8 Å². The Morgan fingerprint density at radius 3 is 2.80 bits per heavy atom. The molecule has 1 N–H and O–H groups in total. The van der Waals surface area contributed by atoms with Gasteiger partial charge in [-0.15, -0.1) is 0 Å². The number of rotatable bonds is 2. The van der Waals surface area contributed by atoms with Gasteiger partial charge in [0, 0.05) is 0 Å². The molecule has 3 nitrogen and oxygen atoms in total. The molecule has 0 atom stereocenters. The summed E-state index contributed by atoms with van der Waals surface area (Å²) in [5, 5.41) is 3.74. The van der Waals surface area contributed by atoms with E-state index in [-0.39, 0.29) is 18.6 Å². The molecule has 2 aromatic heterocycles. The number of pyridine rings is 1. The van der Waals surface area contributed by atoms with Crippen LogP contribution >= 0.6 is 0 Å². The van der Waals surface area contributed by atoms with E-state index in [4.69, 9.17) is 0 Å². The predicted octanol–water partition coefficient (Wildman–Crippen LogP) is 2.14. The third-order valence-electron chi connectivity index (χ3n) is 3.15. The average Bonchev–Trinajstić information content (AvgIpc) is 3.00. The first-order valence-corrected chi connectivity index (χ1v) is 8.53. The minimum atomic E-state index is -0.329. The van der Waals surface area contributed by atoms with E-state index in [1.165, 1.54) is 20.1 Å². The number of nitrogens with zero attached hydrogens (tertiary/aromatic N) is 2. The number of imidazole rings is 1. The predicted molar refractivity (Wildman–Crippen MR) is 77.1 cm³/mol. The van der Waals surface area contributed by atoms with Gasteiger partial charge < -0.3 is 0 Å². The zero-order valence-corrected chi connectivity index (χ0v) is 12.8. The van der Waals surface area contributed by atoms with E-state index in [0.29, 0.717) is 0 Å². The van der Waals surface area contributed by atoms with E-state index in [2.05, 4.69) is 57.4 Å². The number of aromatic nitrogens is 3. The molecular formula is C16H11N3Pt. The number of nitrogens with one attached hydrogen (secondary N) is 1. The van der Waals surface area contributed by atoms with Crippen molar-refractivity contribution in [3.8, 4) is 0 Å². The molecule has 0 unspecified atom stereocenters. The molecule has 2 heterocycles. The van der Waals surface area contributed by atoms with Crippen LogP contribution in [0.2, 0.25) is 0 Å². The molecule has 0 aliphatic carbocycles. The van der Waals surface area contributed by atoms with E-state index in [0.717, 1.165) is 9.73 Å². The van der Waals surface area contributed by atoms with Crippen molar-refractivity contribution in [2.45, 2.75) is 0 Å². The van der Waals surface area contributed by atoms with Gasteiger partial charge in [-0.1, -0.05) is 0 Å². The summed E-state index contributed by atoms with van der Waals surface area (Å²) in [7, 11) is 0. The Kier molecular flexibility index (Phi) is 2.86. The molecule has 4 aromatic rings. The van der Waals surface area contributed by atoms with Crippen molar-refractivity contribution in [3.63, 3.8) is 0 Å². The molecule has 0 saturated carbocycles. The summed E-state index contributed by atoms with van der Waals surface area (Å²) in [5.41, 5.74) is 1.06. The number of hydrogen-bond acceptors (Lipinski definition) is 2. The Labute approximate surface area is 124 Å². The molecule has 0 aliphatic rings. The van der Waals surface area contributed by atoms with Crippen molar-refractivity contribution in [2.24, 2.45) is 0 Å². The van der Waals surface area contributed by atoms with Crippen LogP contribution in [0, 0.1) is 0 Å². The van der Waals surface area contributed by atoms with Crippen LogP contribution in [-0.2, 0) is 18.6 Å². The second-order valence-electron chi connectivity index (χ2n) is 4.38. The summed E-state index contributed by atoms with van der Waals surface area (Å²) < 4.78 is 2.45. The first-order valence-electron chi connectivity index (χ1n) is 6.26. The normalized spacial score (nSPS) is 11.4. The van der Waals surface area contributed by atoms with Gasteiger partial charge in [0.05, 0.1) is 0 Å². The van der Waals surface area contributed by atoms with Crippen molar-refractivity contribution in [3.05, 3.63) is 61.1 Å². The molecule has 0 amide bonds. The molecule has 2 aromatic carbocycles. The van der Waals surface area contributed by atoms with Crippen LogP contribution in [0.1, 0.15) is 0 Å². The first kappa shape index (κ1) is 11.8. The Hall–Kier alpha value is -1.99. The second-order valence-corrected chi connectivity index (χ2v) is 7.24. The quantitative estimate of drug-likeness (QED) is 0.486. The minimum absolute atomic E-state index is 0.329. The standard InChI is InChI=1S/C13H8N.C3H3N2.Pt/c1-2-6-11-10(5-1)9-14-13-8-4-3-7-12(11)13;1-2-5-3-4-1;/h1-6,8-9H;1-2H,(H,4,5);. The van der Waals surface area contributed by atoms with Gasteiger partial charge >= 0.3 is 124 Å². The van der Waals surface area contributed by atoms with Crippen LogP contribution in [-0.4, -0.2) is 15.0 Å². The van der Waals surface area contributed by atoms with Crippen LogP contribution in [0.3, 0.4) is 0 Å². The van der Waals surface area contributed by atoms with Crippen molar-refractivity contribution in [1.29, 1.82) is 0 Å². The van der Waals surface area contributed by atoms with E-state index in [1.807, 2.05) is 18.6 Å². The SMILES string of the molecule is c1ccc2c(c1)cnc1ccc[c]([Pt][c]3ncc[nH]3)c12. The van der Waals surface area contributed by atoms with Gasteiger partial charge in [-0.05, 0) is 0 Å². The van der Waals surface area contributed by atoms with Crippen molar-refractivity contribution in [2.75, 3.05) is 0 Å². The zero-order chi connectivity index (χ0) is 13.4. The summed E-state index contributed by atoms with van der Waals surface area (Å²) in [6.07, 6.45) is 5.65. The van der Waals surface area contributed by atoms with Gasteiger partial charge in [-0.2, -0.15) is 0 Å². The van der Waals surface area contributed by atoms with E-state index in [1.54, 1.807) is 0 Å². The molecule has 100 valence electrons. The summed E-state index contributed by atoms with van der Waals surface area (Å²) in [6, 6.07) is 14.8. The molecule has 0 radical (unpaired) electrons. The van der Waals surface area contributed by atoms with Crippen LogP contribution in [0.15, 0.2) is 61.1 Å². The Bertz CT molecular complexity index is 885. The van der Waals surface area contributed by atoms with Crippen molar-refractivity contribution < 1.29 is 18.6 Å². The van der Waals surface area contributed by atoms with Crippen molar-refractivity contribution in [1.82, 2.24) is 15.0 Å². The zero-order valence-electron chi connectivity index (χ0n) is 10.5. The third-order valence-corrected chi connectivity index (χ3v) is 5.86. The summed E-state index contributed by atoms with van der Waals surface area (Å²) in [4.78, 5) is 12.2. The van der Waals surface area contributed by atoms with E-state index >= 15 is 0 Å². The fourth-order valence-corrected chi connectivity index (χ4v) is 4.81. The Morgan fingerprint density at radius 1 is 0.950 bits per heavy atom. The molecular weight excluding hydrogens is 429 g/mol. The molecule has 0 bridgehead atoms.